The van der Waals surface area contributed by atoms with Crippen molar-refractivity contribution in [2.75, 3.05) is 4.90 Å². The van der Waals surface area contributed by atoms with Crippen LogP contribution in [0.3, 0.4) is 0 Å². The normalized spacial score (nSPS) is 15.3. The van der Waals surface area contributed by atoms with E-state index in [1.54, 1.807) is 4.68 Å². The Kier molecular flexibility index (Phi) is 4.24. The predicted octanol–water partition coefficient (Wildman–Crippen LogP) is 5.13. The number of anilines is 1. The van der Waals surface area contributed by atoms with Crippen molar-refractivity contribution in [2.24, 2.45) is 0 Å². The van der Waals surface area contributed by atoms with Gasteiger partial charge in [0.15, 0.2) is 0 Å². The maximum absolute atomic E-state index is 13.7. The monoisotopic (exact) mass is 379 g/mol. The Morgan fingerprint density at radius 3 is 2.31 bits per heavy atom. The van der Waals surface area contributed by atoms with Gasteiger partial charge in [0.05, 0.1) is 11.3 Å². The molecule has 4 nitrogen and oxygen atoms in total. The van der Waals surface area contributed by atoms with Crippen LogP contribution in [-0.2, 0) is 6.42 Å². The minimum Gasteiger partial charge on any atom is -0.305 e. The second-order valence-electron chi connectivity index (χ2n) is 7.39. The molecule has 2 heterocycles. The standard InChI is InChI=1S/C25H21N3O/c1-18-16-20-12-8-9-15-23(20)28(18)25(29)22-17-27(21-13-6-3-7-14-21)26-24(22)19-10-4-2-5-11-19/h2-15,17-18H,16H2,1H3/t18-/m0/s1. The van der Waals surface area contributed by atoms with E-state index >= 15 is 0 Å². The summed E-state index contributed by atoms with van der Waals surface area (Å²) in [4.78, 5) is 15.6. The first-order valence-electron chi connectivity index (χ1n) is 9.84. The first-order valence-corrected chi connectivity index (χ1v) is 9.84. The number of benzene rings is 3. The zero-order valence-electron chi connectivity index (χ0n) is 16.2. The molecule has 0 N–H and O–H groups in total. The molecule has 0 fully saturated rings. The van der Waals surface area contributed by atoms with Gasteiger partial charge in [-0.15, -0.1) is 0 Å². The van der Waals surface area contributed by atoms with Crippen LogP contribution >= 0.6 is 0 Å². The van der Waals surface area contributed by atoms with Gasteiger partial charge in [0, 0.05) is 23.5 Å². The summed E-state index contributed by atoms with van der Waals surface area (Å²) in [5, 5.41) is 4.79. The molecule has 0 unspecified atom stereocenters. The third kappa shape index (κ3) is 3.03. The Hall–Kier alpha value is -3.66. The molecule has 29 heavy (non-hydrogen) atoms. The van der Waals surface area contributed by atoms with Gasteiger partial charge in [-0.1, -0.05) is 66.7 Å². The summed E-state index contributed by atoms with van der Waals surface area (Å²) in [6, 6.07) is 28.1. The fourth-order valence-corrected chi connectivity index (χ4v) is 4.06. The van der Waals surface area contributed by atoms with Crippen molar-refractivity contribution >= 4 is 11.6 Å². The number of para-hydroxylation sites is 2. The minimum atomic E-state index is -0.0107. The van der Waals surface area contributed by atoms with Crippen LogP contribution in [0.25, 0.3) is 16.9 Å². The van der Waals surface area contributed by atoms with Gasteiger partial charge >= 0.3 is 0 Å². The summed E-state index contributed by atoms with van der Waals surface area (Å²) < 4.78 is 1.79. The van der Waals surface area contributed by atoms with Crippen LogP contribution in [0, 0.1) is 0 Å². The summed E-state index contributed by atoms with van der Waals surface area (Å²) in [6.07, 6.45) is 2.73. The zero-order chi connectivity index (χ0) is 19.8. The van der Waals surface area contributed by atoms with E-state index in [0.29, 0.717) is 11.3 Å². The average molecular weight is 379 g/mol. The molecule has 142 valence electrons. The van der Waals surface area contributed by atoms with Crippen LogP contribution in [-0.4, -0.2) is 21.7 Å². The van der Waals surface area contributed by atoms with E-state index in [2.05, 4.69) is 13.0 Å². The third-order valence-corrected chi connectivity index (χ3v) is 5.44. The first kappa shape index (κ1) is 17.4. The summed E-state index contributed by atoms with van der Waals surface area (Å²) in [5.74, 6) is -0.0107. The number of carbonyl (C=O) groups excluding carboxylic acids is 1. The van der Waals surface area contributed by atoms with E-state index in [1.807, 2.05) is 90.0 Å². The summed E-state index contributed by atoms with van der Waals surface area (Å²) >= 11 is 0. The molecule has 0 saturated carbocycles. The second-order valence-corrected chi connectivity index (χ2v) is 7.39. The van der Waals surface area contributed by atoms with E-state index in [9.17, 15) is 4.79 Å². The number of fused-ring (bicyclic) bond motifs is 1. The maximum atomic E-state index is 13.7. The molecule has 0 bridgehead atoms. The fraction of sp³-hybridized carbons (Fsp3) is 0.120. The molecule has 0 radical (unpaired) electrons. The van der Waals surface area contributed by atoms with Crippen molar-refractivity contribution in [2.45, 2.75) is 19.4 Å². The summed E-state index contributed by atoms with van der Waals surface area (Å²) in [6.45, 7) is 2.10. The number of rotatable bonds is 3. The molecule has 4 heteroatoms. The maximum Gasteiger partial charge on any atom is 0.262 e. The van der Waals surface area contributed by atoms with Crippen LogP contribution in [0.4, 0.5) is 5.69 Å². The van der Waals surface area contributed by atoms with Crippen molar-refractivity contribution in [3.05, 3.63) is 102 Å². The van der Waals surface area contributed by atoms with Crippen molar-refractivity contribution in [3.8, 4) is 16.9 Å². The molecule has 1 atom stereocenters. The highest BCUT2D eigenvalue weighted by Gasteiger charge is 2.33. The largest absolute Gasteiger partial charge is 0.305 e. The number of amides is 1. The second kappa shape index (κ2) is 7.06. The van der Waals surface area contributed by atoms with Crippen molar-refractivity contribution in [1.82, 2.24) is 9.78 Å². The molecule has 1 aromatic heterocycles. The molecule has 0 spiro atoms. The van der Waals surface area contributed by atoms with Crippen LogP contribution in [0.15, 0.2) is 91.1 Å². The topological polar surface area (TPSA) is 38.1 Å². The highest BCUT2D eigenvalue weighted by Crippen LogP contribution is 2.35. The summed E-state index contributed by atoms with van der Waals surface area (Å²) in [5.41, 5.74) is 5.39. The fourth-order valence-electron chi connectivity index (χ4n) is 4.06. The Balaban J connectivity index is 1.64. The van der Waals surface area contributed by atoms with Crippen molar-refractivity contribution in [3.63, 3.8) is 0 Å². The average Bonchev–Trinajstić information content (AvgIpc) is 3.36. The molecule has 3 aromatic carbocycles. The van der Waals surface area contributed by atoms with Gasteiger partial charge in [-0.05, 0) is 37.1 Å². The van der Waals surface area contributed by atoms with E-state index in [0.717, 1.165) is 23.4 Å². The Labute approximate surface area is 170 Å². The number of nitrogens with zero attached hydrogens (tertiary/aromatic N) is 3. The van der Waals surface area contributed by atoms with Crippen molar-refractivity contribution < 1.29 is 4.79 Å². The number of hydrogen-bond donors (Lipinski definition) is 0. The lowest BCUT2D eigenvalue weighted by atomic mass is 10.1. The zero-order valence-corrected chi connectivity index (χ0v) is 16.2. The quantitative estimate of drug-likeness (QED) is 0.495. The molecular formula is C25H21N3O. The first-order chi connectivity index (χ1) is 14.2. The van der Waals surface area contributed by atoms with Gasteiger partial charge in [-0.25, -0.2) is 4.68 Å². The molecular weight excluding hydrogens is 358 g/mol. The Morgan fingerprint density at radius 1 is 0.897 bits per heavy atom. The molecule has 0 aliphatic carbocycles. The Morgan fingerprint density at radius 2 is 1.55 bits per heavy atom. The predicted molar refractivity (Wildman–Crippen MR) is 115 cm³/mol. The van der Waals surface area contributed by atoms with Crippen LogP contribution in [0.5, 0.6) is 0 Å². The molecule has 5 rings (SSSR count). The molecule has 1 aliphatic rings. The molecule has 0 saturated heterocycles. The van der Waals surface area contributed by atoms with Gasteiger partial charge < -0.3 is 4.90 Å². The molecule has 4 aromatic rings. The van der Waals surface area contributed by atoms with Gasteiger partial charge in [0.25, 0.3) is 5.91 Å². The lowest BCUT2D eigenvalue weighted by molar-refractivity contribution is 0.0982. The van der Waals surface area contributed by atoms with Gasteiger partial charge in [-0.2, -0.15) is 5.10 Å². The molecule has 1 aliphatic heterocycles. The highest BCUT2D eigenvalue weighted by molar-refractivity contribution is 6.11. The third-order valence-electron chi connectivity index (χ3n) is 5.44. The van der Waals surface area contributed by atoms with E-state index in [4.69, 9.17) is 5.10 Å². The number of aromatic nitrogens is 2. The lowest BCUT2D eigenvalue weighted by Gasteiger charge is -2.22. The smallest absolute Gasteiger partial charge is 0.262 e. The van der Waals surface area contributed by atoms with E-state index < -0.39 is 0 Å². The number of hydrogen-bond acceptors (Lipinski definition) is 2. The summed E-state index contributed by atoms with van der Waals surface area (Å²) in [7, 11) is 0. The Bertz CT molecular complexity index is 1170. The van der Waals surface area contributed by atoms with Gasteiger partial charge in [0.1, 0.15) is 5.69 Å². The highest BCUT2D eigenvalue weighted by atomic mass is 16.2. The van der Waals surface area contributed by atoms with Crippen LogP contribution in [0.1, 0.15) is 22.8 Å². The minimum absolute atomic E-state index is 0.0107. The van der Waals surface area contributed by atoms with Gasteiger partial charge in [0.2, 0.25) is 0 Å². The van der Waals surface area contributed by atoms with Crippen LogP contribution < -0.4 is 4.90 Å². The van der Waals surface area contributed by atoms with Gasteiger partial charge in [-0.3, -0.25) is 4.79 Å². The molecule has 1 amide bonds. The van der Waals surface area contributed by atoms with E-state index in [-0.39, 0.29) is 11.9 Å². The van der Waals surface area contributed by atoms with Crippen molar-refractivity contribution in [1.29, 1.82) is 0 Å². The number of carbonyl (C=O) groups is 1. The van der Waals surface area contributed by atoms with Crippen LogP contribution in [0.2, 0.25) is 0 Å². The lowest BCUT2D eigenvalue weighted by Crippen LogP contribution is -2.35. The SMILES string of the molecule is C[C@H]1Cc2ccccc2N1C(=O)c1cn(-c2ccccc2)nc1-c1ccccc1. The van der Waals surface area contributed by atoms with E-state index in [1.165, 1.54) is 5.56 Å².